The molecule has 1 atom stereocenters. The number of ether oxygens (including phenoxy) is 1. The Morgan fingerprint density at radius 3 is 2.14 bits per heavy atom. The second-order valence-corrected chi connectivity index (χ2v) is 10.7. The zero-order valence-electron chi connectivity index (χ0n) is 24.0. The lowest BCUT2D eigenvalue weighted by Crippen LogP contribution is -2.38. The number of fused-ring (bicyclic) bond motifs is 2. The number of para-hydroxylation sites is 1. The number of hydrazone groups is 1. The van der Waals surface area contributed by atoms with Crippen LogP contribution in [0, 0.1) is 6.92 Å². The van der Waals surface area contributed by atoms with Crippen molar-refractivity contribution in [3.05, 3.63) is 76.2 Å². The van der Waals surface area contributed by atoms with Crippen molar-refractivity contribution in [1.82, 2.24) is 37.4 Å². The van der Waals surface area contributed by atoms with Gasteiger partial charge in [-0.1, -0.05) is 18.2 Å². The topological polar surface area (TPSA) is 177 Å². The van der Waals surface area contributed by atoms with Gasteiger partial charge in [0.2, 0.25) is 5.95 Å². The van der Waals surface area contributed by atoms with Crippen LogP contribution in [0.2, 0.25) is 0 Å². The molecule has 0 amide bonds. The fraction of sp³-hybridized carbons (Fsp3) is 0.346. The van der Waals surface area contributed by atoms with E-state index in [1.807, 2.05) is 25.1 Å². The van der Waals surface area contributed by atoms with Gasteiger partial charge in [0.05, 0.1) is 13.1 Å². The van der Waals surface area contributed by atoms with Gasteiger partial charge in [0.25, 0.3) is 11.1 Å². The Balaban J connectivity index is 1.46. The van der Waals surface area contributed by atoms with Crippen molar-refractivity contribution in [2.24, 2.45) is 33.3 Å². The van der Waals surface area contributed by atoms with Crippen LogP contribution in [-0.2, 0) is 41.3 Å². The molecule has 0 aliphatic heterocycles. The maximum absolute atomic E-state index is 13.1. The largest absolute Gasteiger partial charge is 0.491 e. The van der Waals surface area contributed by atoms with E-state index in [1.165, 1.54) is 52.7 Å². The van der Waals surface area contributed by atoms with Gasteiger partial charge in [0, 0.05) is 34.4 Å². The molecule has 0 saturated heterocycles. The van der Waals surface area contributed by atoms with Crippen LogP contribution in [0.3, 0.4) is 0 Å². The first kappa shape index (κ1) is 29.7. The molecule has 5 rings (SSSR count). The summed E-state index contributed by atoms with van der Waals surface area (Å²) in [6.45, 7) is 1.79. The van der Waals surface area contributed by atoms with Crippen molar-refractivity contribution >= 4 is 50.4 Å². The standard InChI is InChI=1S/C26H29BrN10O6/c1-14-8-6-7-9-16(14)43-13-15(38)12-37-18-20(33(3)26(42)35(5)22(18)40)30-24(37)31-28-10-11-36-17-19(29-23(36)27)32(2)25(41)34(4)21(17)39/h6-10,15,38H,11-13H2,1-5H3,(H,30,31). The van der Waals surface area contributed by atoms with E-state index in [9.17, 15) is 24.3 Å². The molecule has 4 heterocycles. The summed E-state index contributed by atoms with van der Waals surface area (Å²) in [7, 11) is 5.75. The lowest BCUT2D eigenvalue weighted by Gasteiger charge is -2.16. The fourth-order valence-electron chi connectivity index (χ4n) is 4.69. The molecule has 1 aromatic carbocycles. The smallest absolute Gasteiger partial charge is 0.332 e. The van der Waals surface area contributed by atoms with Gasteiger partial charge >= 0.3 is 11.4 Å². The number of hydrogen-bond acceptors (Lipinski definition) is 10. The van der Waals surface area contributed by atoms with E-state index < -0.39 is 28.6 Å². The minimum atomic E-state index is -1.06. The van der Waals surface area contributed by atoms with Gasteiger partial charge in [-0.15, -0.1) is 0 Å². The number of aliphatic hydroxyl groups excluding tert-OH is 1. The summed E-state index contributed by atoms with van der Waals surface area (Å²) in [6.07, 6.45) is 0.384. The van der Waals surface area contributed by atoms with Crippen LogP contribution >= 0.6 is 15.9 Å². The van der Waals surface area contributed by atoms with Crippen LogP contribution < -0.4 is 32.7 Å². The molecule has 1 unspecified atom stereocenters. The van der Waals surface area contributed by atoms with Gasteiger partial charge in [-0.3, -0.25) is 27.9 Å². The van der Waals surface area contributed by atoms with Crippen molar-refractivity contribution in [3.63, 3.8) is 0 Å². The summed E-state index contributed by atoms with van der Waals surface area (Å²) < 4.78 is 13.5. The molecule has 5 aromatic rings. The zero-order chi connectivity index (χ0) is 31.2. The van der Waals surface area contributed by atoms with Gasteiger partial charge in [-0.2, -0.15) is 10.1 Å². The molecule has 0 radical (unpaired) electrons. The third kappa shape index (κ3) is 5.20. The number of halogens is 1. The number of imidazole rings is 2. The lowest BCUT2D eigenvalue weighted by molar-refractivity contribution is 0.0935. The van der Waals surface area contributed by atoms with Gasteiger partial charge in [0.1, 0.15) is 18.5 Å². The number of aryl methyl sites for hydroxylation is 3. The summed E-state index contributed by atoms with van der Waals surface area (Å²) in [5, 5.41) is 15.1. The first-order valence-electron chi connectivity index (χ1n) is 13.0. The van der Waals surface area contributed by atoms with Crippen molar-refractivity contribution in [1.29, 1.82) is 0 Å². The highest BCUT2D eigenvalue weighted by atomic mass is 79.9. The third-order valence-corrected chi connectivity index (χ3v) is 7.69. The SMILES string of the molecule is Cc1ccccc1OCC(O)Cn1c(NN=CCn2c(Br)nc3c2c(=O)n(C)c(=O)n3C)nc2c1c(=O)n(C)c(=O)n2C. The number of anilines is 1. The molecule has 0 bridgehead atoms. The highest BCUT2D eigenvalue weighted by Gasteiger charge is 2.22. The second-order valence-electron chi connectivity index (χ2n) is 9.95. The highest BCUT2D eigenvalue weighted by molar-refractivity contribution is 9.10. The van der Waals surface area contributed by atoms with Crippen molar-refractivity contribution in [2.45, 2.75) is 26.1 Å². The number of hydrogen-bond donors (Lipinski definition) is 2. The number of nitrogens with one attached hydrogen (secondary N) is 1. The Hall–Kier alpha value is -4.77. The Labute approximate surface area is 250 Å². The summed E-state index contributed by atoms with van der Waals surface area (Å²) in [5.74, 6) is 0.707. The third-order valence-electron chi connectivity index (χ3n) is 7.09. The van der Waals surface area contributed by atoms with Crippen LogP contribution in [0.1, 0.15) is 5.56 Å². The van der Waals surface area contributed by atoms with Crippen LogP contribution in [-0.4, -0.2) is 61.4 Å². The van der Waals surface area contributed by atoms with E-state index in [2.05, 4.69) is 36.4 Å². The fourth-order valence-corrected chi connectivity index (χ4v) is 5.18. The number of rotatable bonds is 9. The number of nitrogens with zero attached hydrogens (tertiary/aromatic N) is 9. The molecule has 226 valence electrons. The normalized spacial score (nSPS) is 12.5. The number of aliphatic hydroxyl groups is 1. The van der Waals surface area contributed by atoms with Gasteiger partial charge < -0.3 is 19.0 Å². The van der Waals surface area contributed by atoms with E-state index in [1.54, 1.807) is 6.07 Å². The average Bonchev–Trinajstić information content (AvgIpc) is 3.51. The first-order valence-corrected chi connectivity index (χ1v) is 13.8. The Morgan fingerprint density at radius 1 is 0.930 bits per heavy atom. The van der Waals surface area contributed by atoms with Gasteiger partial charge in [-0.05, 0) is 34.5 Å². The molecule has 0 aliphatic carbocycles. The molecule has 2 N–H and O–H groups in total. The first-order chi connectivity index (χ1) is 20.4. The predicted molar refractivity (Wildman–Crippen MR) is 163 cm³/mol. The molecule has 0 fully saturated rings. The van der Waals surface area contributed by atoms with Crippen molar-refractivity contribution < 1.29 is 9.84 Å². The molecule has 0 aliphatic rings. The van der Waals surface area contributed by atoms with Crippen LogP contribution in [0.4, 0.5) is 5.95 Å². The molecule has 0 spiro atoms. The molecule has 16 nitrogen and oxygen atoms in total. The Morgan fingerprint density at radius 2 is 1.51 bits per heavy atom. The summed E-state index contributed by atoms with van der Waals surface area (Å²) in [6, 6.07) is 7.38. The number of benzene rings is 1. The van der Waals surface area contributed by atoms with E-state index in [4.69, 9.17) is 4.74 Å². The quantitative estimate of drug-likeness (QED) is 0.123. The Bertz CT molecular complexity index is 2150. The van der Waals surface area contributed by atoms with Gasteiger partial charge in [-0.25, -0.2) is 20.0 Å². The van der Waals surface area contributed by atoms with Crippen molar-refractivity contribution in [2.75, 3.05) is 12.0 Å². The van der Waals surface area contributed by atoms with Crippen LogP contribution in [0.25, 0.3) is 22.3 Å². The van der Waals surface area contributed by atoms with E-state index >= 15 is 0 Å². The molecule has 4 aromatic heterocycles. The maximum atomic E-state index is 13.1. The highest BCUT2D eigenvalue weighted by Crippen LogP contribution is 2.19. The minimum absolute atomic E-state index is 0.0709. The molecule has 0 saturated carbocycles. The Kier molecular flexibility index (Phi) is 7.94. The van der Waals surface area contributed by atoms with E-state index in [0.717, 1.165) is 14.7 Å². The monoisotopic (exact) mass is 656 g/mol. The van der Waals surface area contributed by atoms with E-state index in [-0.39, 0.29) is 48.0 Å². The molecule has 43 heavy (non-hydrogen) atoms. The predicted octanol–water partition coefficient (Wildman–Crippen LogP) is -0.210. The number of aromatic nitrogens is 8. The van der Waals surface area contributed by atoms with Gasteiger partial charge in [0.15, 0.2) is 27.1 Å². The average molecular weight is 657 g/mol. The summed E-state index contributed by atoms with van der Waals surface area (Å²) >= 11 is 3.33. The lowest BCUT2D eigenvalue weighted by atomic mass is 10.2. The van der Waals surface area contributed by atoms with Crippen molar-refractivity contribution in [3.8, 4) is 5.75 Å². The minimum Gasteiger partial charge on any atom is -0.491 e. The van der Waals surface area contributed by atoms with Crippen LogP contribution in [0.15, 0.2) is 53.3 Å². The maximum Gasteiger partial charge on any atom is 0.332 e. The van der Waals surface area contributed by atoms with E-state index in [0.29, 0.717) is 10.5 Å². The molecular formula is C26H29BrN10O6. The molecular weight excluding hydrogens is 628 g/mol. The second kappa shape index (κ2) is 11.5. The zero-order valence-corrected chi connectivity index (χ0v) is 25.6. The summed E-state index contributed by atoms with van der Waals surface area (Å²) in [4.78, 5) is 59.5. The van der Waals surface area contributed by atoms with Crippen LogP contribution in [0.5, 0.6) is 5.75 Å². The molecule has 17 heteroatoms. The summed E-state index contributed by atoms with van der Waals surface area (Å²) in [5.41, 5.74) is 2.11.